The molecule has 0 aliphatic carbocycles. The summed E-state index contributed by atoms with van der Waals surface area (Å²) in [7, 11) is 0. The zero-order valence-corrected chi connectivity index (χ0v) is 57.9. The minimum atomic E-state index is -0.660. The molecule has 2 unspecified atom stereocenters. The molecule has 0 aliphatic rings. The van der Waals surface area contributed by atoms with Crippen LogP contribution < -0.4 is 5.32 Å². The average Bonchev–Trinajstić information content (AvgIpc) is 3.51. The monoisotopic (exact) mass is 1200 g/mol. The zero-order chi connectivity index (χ0) is 61.3. The minimum absolute atomic E-state index is 0.0197. The van der Waals surface area contributed by atoms with Crippen LogP contribution in [0.15, 0.2) is 24.3 Å². The molecule has 0 fully saturated rings. The van der Waals surface area contributed by atoms with E-state index in [9.17, 15) is 19.8 Å². The summed E-state index contributed by atoms with van der Waals surface area (Å²) in [6.07, 6.45) is 95.6. The van der Waals surface area contributed by atoms with Gasteiger partial charge in [0, 0.05) is 12.8 Å². The van der Waals surface area contributed by atoms with Crippen molar-refractivity contribution in [3.63, 3.8) is 0 Å². The van der Waals surface area contributed by atoms with Crippen molar-refractivity contribution in [2.24, 2.45) is 0 Å². The lowest BCUT2D eigenvalue weighted by Gasteiger charge is -2.22. The molecule has 504 valence electrons. The number of hydrogen-bond donors (Lipinski definition) is 3. The van der Waals surface area contributed by atoms with Gasteiger partial charge in [0.25, 0.3) is 0 Å². The molecule has 2 atom stereocenters. The van der Waals surface area contributed by atoms with Crippen LogP contribution in [0.1, 0.15) is 444 Å². The number of amides is 1. The van der Waals surface area contributed by atoms with E-state index in [4.69, 9.17) is 4.74 Å². The van der Waals surface area contributed by atoms with Crippen molar-refractivity contribution < 1.29 is 24.5 Å². The smallest absolute Gasteiger partial charge is 0.305 e. The van der Waals surface area contributed by atoms with Gasteiger partial charge in [-0.3, -0.25) is 9.59 Å². The van der Waals surface area contributed by atoms with E-state index in [-0.39, 0.29) is 18.5 Å². The molecule has 6 heteroatoms. The Balaban J connectivity index is 3.29. The van der Waals surface area contributed by atoms with Crippen molar-refractivity contribution in [1.82, 2.24) is 5.32 Å². The van der Waals surface area contributed by atoms with Crippen LogP contribution in [-0.2, 0) is 14.3 Å². The van der Waals surface area contributed by atoms with E-state index >= 15 is 0 Å². The number of aliphatic hydroxyl groups is 2. The van der Waals surface area contributed by atoms with Crippen molar-refractivity contribution in [2.45, 2.75) is 456 Å². The maximum atomic E-state index is 12.5. The van der Waals surface area contributed by atoms with E-state index in [1.54, 1.807) is 0 Å². The fraction of sp³-hybridized carbons (Fsp3) is 0.924. The number of ether oxygens (including phenoxy) is 1. The first-order chi connectivity index (χ1) is 42.0. The number of unbranched alkanes of at least 4 members (excludes halogenated alkanes) is 59. The standard InChI is InChI=1S/C79H153NO5/c1-3-5-7-9-11-13-15-17-19-20-38-42-45-49-53-57-61-65-69-73-79(84)85-74-70-66-62-58-54-50-46-43-40-37-35-33-31-29-27-25-23-21-22-24-26-28-30-32-34-36-39-41-44-48-52-56-60-64-68-72-78(83)80-76(75-81)77(82)71-67-63-59-55-51-47-18-16-14-12-10-8-6-4-2/h11,13,17,19,76-77,81-82H,3-10,12,14-16,18,20-75H2,1-2H3,(H,80,83)/b13-11-,19-17-. The second kappa shape index (κ2) is 74.8. The van der Waals surface area contributed by atoms with Crippen molar-refractivity contribution in [3.8, 4) is 0 Å². The van der Waals surface area contributed by atoms with Crippen molar-refractivity contribution in [1.29, 1.82) is 0 Å². The first-order valence-corrected chi connectivity index (χ1v) is 39.1. The van der Waals surface area contributed by atoms with Crippen LogP contribution in [0.3, 0.4) is 0 Å². The fourth-order valence-electron chi connectivity index (χ4n) is 12.6. The molecule has 3 N–H and O–H groups in total. The van der Waals surface area contributed by atoms with Crippen molar-refractivity contribution in [2.75, 3.05) is 13.2 Å². The van der Waals surface area contributed by atoms with Gasteiger partial charge < -0.3 is 20.3 Å². The Morgan fingerprint density at radius 3 is 0.918 bits per heavy atom. The van der Waals surface area contributed by atoms with Gasteiger partial charge in [0.15, 0.2) is 0 Å². The molecule has 1 amide bonds. The molecule has 0 aromatic rings. The number of esters is 1. The third-order valence-electron chi connectivity index (χ3n) is 18.5. The number of nitrogens with one attached hydrogen (secondary N) is 1. The Morgan fingerprint density at radius 1 is 0.329 bits per heavy atom. The number of rotatable bonds is 74. The van der Waals surface area contributed by atoms with E-state index in [1.807, 2.05) is 0 Å². The molecule has 0 spiro atoms. The molecule has 0 saturated carbocycles. The summed E-state index contributed by atoms with van der Waals surface area (Å²) in [6.45, 7) is 4.97. The third-order valence-corrected chi connectivity index (χ3v) is 18.5. The Hall–Kier alpha value is -1.66. The van der Waals surface area contributed by atoms with Gasteiger partial charge in [0.2, 0.25) is 5.91 Å². The molecule has 0 saturated heterocycles. The normalized spacial score (nSPS) is 12.6. The summed E-state index contributed by atoms with van der Waals surface area (Å²) in [6, 6.07) is -0.536. The Labute approximate surface area is 532 Å². The van der Waals surface area contributed by atoms with E-state index in [0.29, 0.717) is 25.9 Å². The maximum absolute atomic E-state index is 12.5. The molecule has 0 rings (SSSR count). The molecule has 6 nitrogen and oxygen atoms in total. The highest BCUT2D eigenvalue weighted by atomic mass is 16.5. The number of carbonyl (C=O) groups excluding carboxylic acids is 2. The molecular weight excluding hydrogens is 1040 g/mol. The van der Waals surface area contributed by atoms with Crippen LogP contribution in [0.2, 0.25) is 0 Å². The Bertz CT molecular complexity index is 1330. The van der Waals surface area contributed by atoms with Gasteiger partial charge >= 0.3 is 5.97 Å². The van der Waals surface area contributed by atoms with E-state index in [2.05, 4.69) is 43.5 Å². The molecule has 0 aromatic carbocycles. The second-order valence-corrected chi connectivity index (χ2v) is 27.0. The molecular formula is C79H153NO5. The second-order valence-electron chi connectivity index (χ2n) is 27.0. The van der Waals surface area contributed by atoms with Crippen molar-refractivity contribution in [3.05, 3.63) is 24.3 Å². The molecule has 85 heavy (non-hydrogen) atoms. The Kier molecular flexibility index (Phi) is 73.3. The number of aliphatic hydroxyl groups excluding tert-OH is 2. The highest BCUT2D eigenvalue weighted by Crippen LogP contribution is 2.20. The van der Waals surface area contributed by atoms with Crippen LogP contribution in [-0.4, -0.2) is 47.4 Å². The molecule has 0 aliphatic heterocycles. The minimum Gasteiger partial charge on any atom is -0.466 e. The van der Waals surface area contributed by atoms with Crippen LogP contribution in [0.25, 0.3) is 0 Å². The van der Waals surface area contributed by atoms with Crippen molar-refractivity contribution >= 4 is 11.9 Å². The topological polar surface area (TPSA) is 95.9 Å². The lowest BCUT2D eigenvalue weighted by atomic mass is 10.0. The summed E-state index contributed by atoms with van der Waals surface area (Å²) in [5, 5.41) is 23.3. The average molecular weight is 1200 g/mol. The first-order valence-electron chi connectivity index (χ1n) is 39.1. The highest BCUT2D eigenvalue weighted by molar-refractivity contribution is 5.76. The fourth-order valence-corrected chi connectivity index (χ4v) is 12.6. The number of allylic oxidation sites excluding steroid dienone is 4. The zero-order valence-electron chi connectivity index (χ0n) is 57.9. The quantitative estimate of drug-likeness (QED) is 0.0320. The van der Waals surface area contributed by atoms with Gasteiger partial charge in [-0.1, -0.05) is 398 Å². The predicted octanol–water partition coefficient (Wildman–Crippen LogP) is 25.7. The van der Waals surface area contributed by atoms with Gasteiger partial charge in [-0.05, 0) is 57.8 Å². The molecule has 0 heterocycles. The van der Waals surface area contributed by atoms with Crippen LogP contribution in [0.5, 0.6) is 0 Å². The first kappa shape index (κ1) is 83.3. The van der Waals surface area contributed by atoms with Gasteiger partial charge in [0.05, 0.1) is 25.4 Å². The molecule has 0 aromatic heterocycles. The van der Waals surface area contributed by atoms with E-state index in [0.717, 1.165) is 44.9 Å². The van der Waals surface area contributed by atoms with E-state index in [1.165, 1.54) is 366 Å². The number of hydrogen-bond acceptors (Lipinski definition) is 5. The lowest BCUT2D eigenvalue weighted by molar-refractivity contribution is -0.143. The van der Waals surface area contributed by atoms with Crippen LogP contribution in [0.4, 0.5) is 0 Å². The summed E-state index contributed by atoms with van der Waals surface area (Å²) >= 11 is 0. The predicted molar refractivity (Wildman–Crippen MR) is 375 cm³/mol. The van der Waals surface area contributed by atoms with Gasteiger partial charge in [-0.2, -0.15) is 0 Å². The SMILES string of the molecule is CCCCC/C=C\C/C=C\CCCCCCCCCCCC(=O)OCCCCCCCCCCCCCCCCCCCCCCCCCCCCCCCCCCCCCC(=O)NC(CO)C(O)CCCCCCCCCCCCCCCC. The largest absolute Gasteiger partial charge is 0.466 e. The summed E-state index contributed by atoms with van der Waals surface area (Å²) < 4.78 is 5.52. The highest BCUT2D eigenvalue weighted by Gasteiger charge is 2.20. The van der Waals surface area contributed by atoms with E-state index < -0.39 is 12.1 Å². The molecule has 0 radical (unpaired) electrons. The Morgan fingerprint density at radius 2 is 0.588 bits per heavy atom. The van der Waals surface area contributed by atoms with Gasteiger partial charge in [-0.15, -0.1) is 0 Å². The number of carbonyl (C=O) groups is 2. The lowest BCUT2D eigenvalue weighted by Crippen LogP contribution is -2.45. The maximum Gasteiger partial charge on any atom is 0.305 e. The van der Waals surface area contributed by atoms with Gasteiger partial charge in [0.1, 0.15) is 0 Å². The summed E-state index contributed by atoms with van der Waals surface area (Å²) in [5.41, 5.74) is 0. The van der Waals surface area contributed by atoms with Gasteiger partial charge in [-0.25, -0.2) is 0 Å². The summed E-state index contributed by atoms with van der Waals surface area (Å²) in [5.74, 6) is -0.00684. The van der Waals surface area contributed by atoms with Crippen LogP contribution in [0, 0.1) is 0 Å². The summed E-state index contributed by atoms with van der Waals surface area (Å²) in [4.78, 5) is 24.6. The van der Waals surface area contributed by atoms with Crippen LogP contribution >= 0.6 is 0 Å². The third kappa shape index (κ3) is 71.3. The molecule has 0 bridgehead atoms.